The van der Waals surface area contributed by atoms with Crippen molar-refractivity contribution in [1.82, 2.24) is 0 Å². The van der Waals surface area contributed by atoms with E-state index >= 15 is 0 Å². The van der Waals surface area contributed by atoms with E-state index in [2.05, 4.69) is 6.07 Å². The van der Waals surface area contributed by atoms with Gasteiger partial charge in [-0.3, -0.25) is 0 Å². The van der Waals surface area contributed by atoms with Crippen LogP contribution in [0.5, 0.6) is 5.75 Å². The average molecular weight is 235 g/mol. The number of benzene rings is 1. The third-order valence-electron chi connectivity index (χ3n) is 2.84. The lowest BCUT2D eigenvalue weighted by Gasteiger charge is -2.23. The molecule has 0 spiro atoms. The number of nitrogens with two attached hydrogens (primary N) is 1. The minimum absolute atomic E-state index is 0.123. The summed E-state index contributed by atoms with van der Waals surface area (Å²) in [7, 11) is 0. The molecule has 0 aromatic heterocycles. The summed E-state index contributed by atoms with van der Waals surface area (Å²) < 4.78 is 11.4. The molecule has 1 unspecified atom stereocenters. The van der Waals surface area contributed by atoms with E-state index < -0.39 is 0 Å². The van der Waals surface area contributed by atoms with Crippen molar-refractivity contribution in [3.05, 3.63) is 29.3 Å². The first kappa shape index (κ1) is 12.4. The van der Waals surface area contributed by atoms with E-state index in [1.165, 1.54) is 5.56 Å². The van der Waals surface area contributed by atoms with Gasteiger partial charge in [-0.05, 0) is 26.3 Å². The molecule has 1 aliphatic rings. The van der Waals surface area contributed by atoms with Crippen molar-refractivity contribution in [3.63, 3.8) is 0 Å². The summed E-state index contributed by atoms with van der Waals surface area (Å²) in [5.74, 6) is 0.970. The van der Waals surface area contributed by atoms with Crippen molar-refractivity contribution < 1.29 is 9.47 Å². The van der Waals surface area contributed by atoms with E-state index in [0.29, 0.717) is 6.61 Å². The van der Waals surface area contributed by atoms with Crippen molar-refractivity contribution in [2.45, 2.75) is 38.8 Å². The van der Waals surface area contributed by atoms with Gasteiger partial charge < -0.3 is 15.2 Å². The first-order chi connectivity index (χ1) is 7.97. The van der Waals surface area contributed by atoms with E-state index in [1.54, 1.807) is 0 Å². The molecule has 1 atom stereocenters. The highest BCUT2D eigenvalue weighted by Gasteiger charge is 2.21. The van der Waals surface area contributed by atoms with Crippen LogP contribution in [-0.2, 0) is 11.2 Å². The minimum atomic E-state index is -0.156. The van der Waals surface area contributed by atoms with Gasteiger partial charge in [0.2, 0.25) is 0 Å². The van der Waals surface area contributed by atoms with Crippen LogP contribution in [0.15, 0.2) is 18.2 Å². The van der Waals surface area contributed by atoms with Gasteiger partial charge in [0, 0.05) is 12.0 Å². The Morgan fingerprint density at radius 1 is 1.41 bits per heavy atom. The van der Waals surface area contributed by atoms with Crippen LogP contribution in [0.4, 0.5) is 0 Å². The zero-order valence-electron chi connectivity index (χ0n) is 10.8. The summed E-state index contributed by atoms with van der Waals surface area (Å²) in [5.41, 5.74) is 8.33. The number of hydrogen-bond acceptors (Lipinski definition) is 3. The molecule has 94 valence electrons. The fraction of sp³-hybridized carbons (Fsp3) is 0.571. The van der Waals surface area contributed by atoms with Crippen LogP contribution in [0.1, 0.15) is 37.9 Å². The maximum Gasteiger partial charge on any atom is 0.127 e. The molecule has 1 aromatic rings. The van der Waals surface area contributed by atoms with Crippen molar-refractivity contribution in [3.8, 4) is 5.75 Å². The molecular formula is C14H21NO2. The Morgan fingerprint density at radius 2 is 2.18 bits per heavy atom. The Bertz CT molecular complexity index is 396. The molecule has 0 saturated carbocycles. The summed E-state index contributed by atoms with van der Waals surface area (Å²) in [4.78, 5) is 0. The van der Waals surface area contributed by atoms with Crippen molar-refractivity contribution in [1.29, 1.82) is 0 Å². The van der Waals surface area contributed by atoms with Gasteiger partial charge in [-0.25, -0.2) is 0 Å². The SMILES string of the molecule is CC(C)(C)OCC(N)c1cccc2c1OCC2. The summed E-state index contributed by atoms with van der Waals surface area (Å²) in [6.07, 6.45) is 0.982. The molecule has 17 heavy (non-hydrogen) atoms. The number of fused-ring (bicyclic) bond motifs is 1. The summed E-state index contributed by atoms with van der Waals surface area (Å²) in [6, 6.07) is 6.05. The van der Waals surface area contributed by atoms with Crippen LogP contribution in [0.2, 0.25) is 0 Å². The van der Waals surface area contributed by atoms with E-state index in [4.69, 9.17) is 15.2 Å². The lowest BCUT2D eigenvalue weighted by atomic mass is 10.0. The van der Waals surface area contributed by atoms with E-state index in [1.807, 2.05) is 32.9 Å². The van der Waals surface area contributed by atoms with Crippen molar-refractivity contribution >= 4 is 0 Å². The smallest absolute Gasteiger partial charge is 0.127 e. The second-order valence-corrected chi connectivity index (χ2v) is 5.46. The van der Waals surface area contributed by atoms with Crippen LogP contribution in [-0.4, -0.2) is 18.8 Å². The van der Waals surface area contributed by atoms with Gasteiger partial charge in [0.1, 0.15) is 5.75 Å². The summed E-state index contributed by atoms with van der Waals surface area (Å²) in [5, 5.41) is 0. The van der Waals surface area contributed by atoms with Crippen LogP contribution in [0.3, 0.4) is 0 Å². The molecule has 0 fully saturated rings. The molecule has 0 amide bonds. The predicted molar refractivity (Wildman–Crippen MR) is 68.3 cm³/mol. The van der Waals surface area contributed by atoms with Gasteiger partial charge in [0.15, 0.2) is 0 Å². The topological polar surface area (TPSA) is 44.5 Å². The first-order valence-corrected chi connectivity index (χ1v) is 6.11. The van der Waals surface area contributed by atoms with Crippen molar-refractivity contribution in [2.24, 2.45) is 5.73 Å². The monoisotopic (exact) mass is 235 g/mol. The highest BCUT2D eigenvalue weighted by Crippen LogP contribution is 2.33. The van der Waals surface area contributed by atoms with Gasteiger partial charge in [-0.2, -0.15) is 0 Å². The predicted octanol–water partition coefficient (Wildman–Crippen LogP) is 2.44. The van der Waals surface area contributed by atoms with Crippen molar-refractivity contribution in [2.75, 3.05) is 13.2 Å². The molecule has 1 aromatic carbocycles. The molecule has 2 rings (SSSR count). The maximum absolute atomic E-state index is 6.17. The molecule has 1 heterocycles. The van der Waals surface area contributed by atoms with E-state index in [0.717, 1.165) is 24.3 Å². The molecular weight excluding hydrogens is 214 g/mol. The van der Waals surface area contributed by atoms with Gasteiger partial charge >= 0.3 is 0 Å². The van der Waals surface area contributed by atoms with Gasteiger partial charge in [-0.15, -0.1) is 0 Å². The first-order valence-electron chi connectivity index (χ1n) is 6.11. The largest absolute Gasteiger partial charge is 0.493 e. The molecule has 3 nitrogen and oxygen atoms in total. The minimum Gasteiger partial charge on any atom is -0.493 e. The molecule has 2 N–H and O–H groups in total. The standard InChI is InChI=1S/C14H21NO2/c1-14(2,3)17-9-12(15)11-6-4-5-10-7-8-16-13(10)11/h4-6,12H,7-9,15H2,1-3H3. The second kappa shape index (κ2) is 4.67. The lowest BCUT2D eigenvalue weighted by Crippen LogP contribution is -2.26. The van der Waals surface area contributed by atoms with E-state index in [-0.39, 0.29) is 11.6 Å². The third kappa shape index (κ3) is 2.99. The van der Waals surface area contributed by atoms with Crippen LogP contribution >= 0.6 is 0 Å². The normalized spacial score (nSPS) is 16.5. The Hall–Kier alpha value is -1.06. The highest BCUT2D eigenvalue weighted by atomic mass is 16.5. The van der Waals surface area contributed by atoms with Crippen LogP contribution in [0.25, 0.3) is 0 Å². The van der Waals surface area contributed by atoms with Crippen LogP contribution in [0, 0.1) is 0 Å². The quantitative estimate of drug-likeness (QED) is 0.875. The summed E-state index contributed by atoms with van der Waals surface area (Å²) >= 11 is 0. The zero-order chi connectivity index (χ0) is 12.5. The fourth-order valence-electron chi connectivity index (χ4n) is 1.96. The molecule has 0 aliphatic carbocycles. The Balaban J connectivity index is 2.10. The molecule has 3 heteroatoms. The highest BCUT2D eigenvalue weighted by molar-refractivity contribution is 5.45. The average Bonchev–Trinajstić information content (AvgIpc) is 2.72. The van der Waals surface area contributed by atoms with E-state index in [9.17, 15) is 0 Å². The number of hydrogen-bond donors (Lipinski definition) is 1. The van der Waals surface area contributed by atoms with Crippen LogP contribution < -0.4 is 10.5 Å². The summed E-state index contributed by atoms with van der Waals surface area (Å²) in [6.45, 7) is 7.38. The lowest BCUT2D eigenvalue weighted by molar-refractivity contribution is -0.0104. The molecule has 1 aliphatic heterocycles. The number of ether oxygens (including phenoxy) is 2. The zero-order valence-corrected chi connectivity index (χ0v) is 10.8. The molecule has 0 bridgehead atoms. The second-order valence-electron chi connectivity index (χ2n) is 5.46. The van der Waals surface area contributed by atoms with Gasteiger partial charge in [-0.1, -0.05) is 18.2 Å². The Kier molecular flexibility index (Phi) is 3.40. The Labute approximate surface area is 103 Å². The maximum atomic E-state index is 6.17. The molecule has 0 saturated heterocycles. The number of para-hydroxylation sites is 1. The third-order valence-corrected chi connectivity index (χ3v) is 2.84. The van der Waals surface area contributed by atoms with Gasteiger partial charge in [0.05, 0.1) is 24.9 Å². The number of rotatable bonds is 3. The Morgan fingerprint density at radius 3 is 2.88 bits per heavy atom. The fourth-order valence-corrected chi connectivity index (χ4v) is 1.96. The van der Waals surface area contributed by atoms with Gasteiger partial charge in [0.25, 0.3) is 0 Å². The molecule has 0 radical (unpaired) electrons.